The molecule has 0 radical (unpaired) electrons. The van der Waals surface area contributed by atoms with Crippen molar-refractivity contribution in [3.05, 3.63) is 48.2 Å². The number of carbonyl (C=O) groups is 1. The van der Waals surface area contributed by atoms with E-state index in [0.29, 0.717) is 0 Å². The zero-order valence-electron chi connectivity index (χ0n) is 11.4. The lowest BCUT2D eigenvalue weighted by Gasteiger charge is -2.20. The summed E-state index contributed by atoms with van der Waals surface area (Å²) in [5.41, 5.74) is 2.26. The lowest BCUT2D eigenvalue weighted by Crippen LogP contribution is -2.18. The number of likely N-dealkylation sites (N-methyl/N-ethyl adjacent to an activating group) is 1. The topological polar surface area (TPSA) is 45.5 Å². The summed E-state index contributed by atoms with van der Waals surface area (Å²) in [6, 6.07) is 8.08. The Hall–Kier alpha value is -2.07. The van der Waals surface area contributed by atoms with E-state index < -0.39 is 5.97 Å². The molecule has 1 aromatic heterocycles. The van der Waals surface area contributed by atoms with Crippen molar-refractivity contribution in [3.8, 4) is 0 Å². The smallest absolute Gasteiger partial charge is 0.328 e. The molecule has 1 aromatic carbocycles. The Morgan fingerprint density at radius 3 is 2.68 bits per heavy atom. The van der Waals surface area contributed by atoms with E-state index in [9.17, 15) is 4.79 Å². The summed E-state index contributed by atoms with van der Waals surface area (Å²) in [7, 11) is 5.89. The monoisotopic (exact) mass is 258 g/mol. The van der Waals surface area contributed by atoms with Crippen LogP contribution in [0.4, 0.5) is 0 Å². The standard InChI is InChI=1S/C15H18N2O2/c1-16(2)13(8-9-15(18)19)12-10-17(3)14-7-5-4-6-11(12)14/h4-10,13H,1-3H3,(H,18,19)/b9-8+. The third-order valence-electron chi connectivity index (χ3n) is 3.22. The molecule has 19 heavy (non-hydrogen) atoms. The SMILES string of the molecule is CN(C)C(/C=C/C(=O)O)c1cn(C)c2ccccc12. The van der Waals surface area contributed by atoms with Gasteiger partial charge in [-0.25, -0.2) is 4.79 Å². The van der Waals surface area contributed by atoms with Crippen LogP contribution in [0, 0.1) is 0 Å². The first kappa shape index (κ1) is 13.4. The second-order valence-electron chi connectivity index (χ2n) is 4.82. The number of carboxylic acid groups (broad SMARTS) is 1. The maximum absolute atomic E-state index is 10.7. The quantitative estimate of drug-likeness (QED) is 0.857. The highest BCUT2D eigenvalue weighted by Crippen LogP contribution is 2.29. The molecular weight excluding hydrogens is 240 g/mol. The highest BCUT2D eigenvalue weighted by molar-refractivity contribution is 5.85. The number of fused-ring (bicyclic) bond motifs is 1. The molecule has 0 saturated carbocycles. The molecule has 2 rings (SSSR count). The van der Waals surface area contributed by atoms with Crippen molar-refractivity contribution in [2.24, 2.45) is 7.05 Å². The lowest BCUT2D eigenvalue weighted by molar-refractivity contribution is -0.131. The van der Waals surface area contributed by atoms with Crippen LogP contribution >= 0.6 is 0 Å². The van der Waals surface area contributed by atoms with E-state index in [2.05, 4.69) is 22.9 Å². The fourth-order valence-corrected chi connectivity index (χ4v) is 2.34. The Kier molecular flexibility index (Phi) is 3.71. The lowest BCUT2D eigenvalue weighted by atomic mass is 10.0. The number of aliphatic carboxylic acids is 1. The maximum Gasteiger partial charge on any atom is 0.328 e. The Morgan fingerprint density at radius 2 is 2.05 bits per heavy atom. The molecule has 0 fully saturated rings. The van der Waals surface area contributed by atoms with E-state index in [0.717, 1.165) is 16.5 Å². The van der Waals surface area contributed by atoms with Crippen LogP contribution in [0.25, 0.3) is 10.9 Å². The minimum atomic E-state index is -0.924. The molecule has 100 valence electrons. The second kappa shape index (κ2) is 5.28. The fourth-order valence-electron chi connectivity index (χ4n) is 2.34. The van der Waals surface area contributed by atoms with Crippen molar-refractivity contribution in [3.63, 3.8) is 0 Å². The van der Waals surface area contributed by atoms with Crippen molar-refractivity contribution < 1.29 is 9.90 Å². The molecule has 0 bridgehead atoms. The number of nitrogens with zero attached hydrogens (tertiary/aromatic N) is 2. The van der Waals surface area contributed by atoms with Gasteiger partial charge in [0, 0.05) is 30.2 Å². The van der Waals surface area contributed by atoms with Gasteiger partial charge in [0.1, 0.15) is 0 Å². The normalized spacial score (nSPS) is 13.5. The van der Waals surface area contributed by atoms with Gasteiger partial charge in [-0.3, -0.25) is 4.90 Å². The molecule has 1 atom stereocenters. The van der Waals surface area contributed by atoms with Crippen LogP contribution in [0.3, 0.4) is 0 Å². The largest absolute Gasteiger partial charge is 0.478 e. The van der Waals surface area contributed by atoms with E-state index in [-0.39, 0.29) is 6.04 Å². The zero-order chi connectivity index (χ0) is 14.0. The highest BCUT2D eigenvalue weighted by Gasteiger charge is 2.16. The molecule has 0 spiro atoms. The van der Waals surface area contributed by atoms with E-state index in [4.69, 9.17) is 5.11 Å². The van der Waals surface area contributed by atoms with Crippen molar-refractivity contribution >= 4 is 16.9 Å². The summed E-state index contributed by atoms with van der Waals surface area (Å²) in [6.45, 7) is 0. The van der Waals surface area contributed by atoms with Crippen LogP contribution in [0.15, 0.2) is 42.6 Å². The van der Waals surface area contributed by atoms with Crippen LogP contribution in [0.1, 0.15) is 11.6 Å². The summed E-state index contributed by atoms with van der Waals surface area (Å²) in [4.78, 5) is 12.7. The molecule has 4 heteroatoms. The first-order valence-corrected chi connectivity index (χ1v) is 6.12. The molecule has 1 N–H and O–H groups in total. The molecule has 0 aliphatic rings. The number of hydrogen-bond donors (Lipinski definition) is 1. The minimum Gasteiger partial charge on any atom is -0.478 e. The van der Waals surface area contributed by atoms with Gasteiger partial charge in [0.15, 0.2) is 0 Å². The zero-order valence-corrected chi connectivity index (χ0v) is 11.4. The van der Waals surface area contributed by atoms with Crippen molar-refractivity contribution in [1.29, 1.82) is 0 Å². The molecule has 4 nitrogen and oxygen atoms in total. The van der Waals surface area contributed by atoms with Crippen LogP contribution in [-0.2, 0) is 11.8 Å². The summed E-state index contributed by atoms with van der Waals surface area (Å²) in [5.74, 6) is -0.924. The fraction of sp³-hybridized carbons (Fsp3) is 0.267. The van der Waals surface area contributed by atoms with Gasteiger partial charge in [-0.15, -0.1) is 0 Å². The molecule has 0 amide bonds. The predicted octanol–water partition coefficient (Wildman–Crippen LogP) is 2.42. The first-order chi connectivity index (χ1) is 9.00. The third kappa shape index (κ3) is 2.69. The van der Waals surface area contributed by atoms with Gasteiger partial charge in [0.25, 0.3) is 0 Å². The van der Waals surface area contributed by atoms with E-state index >= 15 is 0 Å². The Bertz CT molecular complexity index is 626. The van der Waals surface area contributed by atoms with Gasteiger partial charge in [-0.1, -0.05) is 24.3 Å². The Labute approximate surface area is 112 Å². The molecule has 0 aliphatic carbocycles. The second-order valence-corrected chi connectivity index (χ2v) is 4.82. The molecule has 0 aliphatic heterocycles. The Morgan fingerprint density at radius 1 is 1.37 bits per heavy atom. The molecule has 1 heterocycles. The van der Waals surface area contributed by atoms with E-state index in [1.165, 1.54) is 6.08 Å². The molecular formula is C15H18N2O2. The van der Waals surface area contributed by atoms with Crippen molar-refractivity contribution in [1.82, 2.24) is 9.47 Å². The third-order valence-corrected chi connectivity index (χ3v) is 3.22. The van der Waals surface area contributed by atoms with Gasteiger partial charge in [0.05, 0.1) is 6.04 Å². The van der Waals surface area contributed by atoms with Crippen LogP contribution in [-0.4, -0.2) is 34.6 Å². The predicted molar refractivity (Wildman–Crippen MR) is 76.1 cm³/mol. The number of rotatable bonds is 4. The van der Waals surface area contributed by atoms with Gasteiger partial charge >= 0.3 is 5.97 Å². The number of para-hydroxylation sites is 1. The number of aromatic nitrogens is 1. The number of carboxylic acids is 1. The molecule has 0 saturated heterocycles. The average molecular weight is 258 g/mol. The maximum atomic E-state index is 10.7. The van der Waals surface area contributed by atoms with Crippen LogP contribution in [0.2, 0.25) is 0 Å². The minimum absolute atomic E-state index is 0.0535. The van der Waals surface area contributed by atoms with Gasteiger partial charge in [-0.2, -0.15) is 0 Å². The van der Waals surface area contributed by atoms with Gasteiger partial charge in [-0.05, 0) is 25.7 Å². The van der Waals surface area contributed by atoms with E-state index in [1.54, 1.807) is 6.08 Å². The average Bonchev–Trinajstić information content (AvgIpc) is 2.67. The van der Waals surface area contributed by atoms with Crippen LogP contribution in [0.5, 0.6) is 0 Å². The Balaban J connectivity index is 2.53. The van der Waals surface area contributed by atoms with E-state index in [1.807, 2.05) is 38.2 Å². The number of aryl methyl sites for hydroxylation is 1. The molecule has 2 aromatic rings. The van der Waals surface area contributed by atoms with Crippen LogP contribution < -0.4 is 0 Å². The molecule has 1 unspecified atom stereocenters. The summed E-state index contributed by atoms with van der Waals surface area (Å²) >= 11 is 0. The van der Waals surface area contributed by atoms with Gasteiger partial charge in [0.2, 0.25) is 0 Å². The summed E-state index contributed by atoms with van der Waals surface area (Å²) in [6.07, 6.45) is 4.97. The first-order valence-electron chi connectivity index (χ1n) is 6.12. The number of benzene rings is 1. The summed E-state index contributed by atoms with van der Waals surface area (Å²) in [5, 5.41) is 9.95. The van der Waals surface area contributed by atoms with Crippen molar-refractivity contribution in [2.45, 2.75) is 6.04 Å². The van der Waals surface area contributed by atoms with Gasteiger partial charge < -0.3 is 9.67 Å². The highest BCUT2D eigenvalue weighted by atomic mass is 16.4. The number of hydrogen-bond acceptors (Lipinski definition) is 2. The van der Waals surface area contributed by atoms with Crippen molar-refractivity contribution in [2.75, 3.05) is 14.1 Å². The summed E-state index contributed by atoms with van der Waals surface area (Å²) < 4.78 is 2.07.